The van der Waals surface area contributed by atoms with Crippen molar-refractivity contribution in [3.8, 4) is 5.75 Å². The maximum atomic E-state index is 12.0. The lowest BCUT2D eigenvalue weighted by Crippen LogP contribution is -2.20. The summed E-state index contributed by atoms with van der Waals surface area (Å²) in [5.41, 5.74) is 3.29. The first kappa shape index (κ1) is 14.7. The smallest absolute Gasteiger partial charge is 0.138 e. The summed E-state index contributed by atoms with van der Waals surface area (Å²) in [4.78, 5) is 12.0. The molecule has 2 heteroatoms. The molecular formula is C16H24O2. The largest absolute Gasteiger partial charge is 0.496 e. The molecule has 0 saturated carbocycles. The third-order valence-corrected chi connectivity index (χ3v) is 3.23. The van der Waals surface area contributed by atoms with Crippen LogP contribution >= 0.6 is 0 Å². The number of Topliss-reactive ketones (excluding diaryl/α,β-unsaturated/α-hetero) is 1. The van der Waals surface area contributed by atoms with Gasteiger partial charge in [-0.3, -0.25) is 4.79 Å². The highest BCUT2D eigenvalue weighted by Gasteiger charge is 2.21. The zero-order valence-electron chi connectivity index (χ0n) is 12.4. The molecule has 0 aromatic heterocycles. The Morgan fingerprint density at radius 3 is 2.33 bits per heavy atom. The van der Waals surface area contributed by atoms with Gasteiger partial charge in [0.25, 0.3) is 0 Å². The monoisotopic (exact) mass is 248 g/mol. The number of benzene rings is 1. The van der Waals surface area contributed by atoms with Gasteiger partial charge in [0.1, 0.15) is 11.5 Å². The summed E-state index contributed by atoms with van der Waals surface area (Å²) in [5, 5.41) is 0. The summed E-state index contributed by atoms with van der Waals surface area (Å²) in [6, 6.07) is 4.17. The zero-order chi connectivity index (χ0) is 13.9. The van der Waals surface area contributed by atoms with E-state index in [2.05, 4.69) is 19.9 Å². The fourth-order valence-electron chi connectivity index (χ4n) is 2.07. The van der Waals surface area contributed by atoms with Gasteiger partial charge in [-0.05, 0) is 43.0 Å². The van der Waals surface area contributed by atoms with Gasteiger partial charge in [-0.15, -0.1) is 0 Å². The first-order valence-electron chi connectivity index (χ1n) is 6.43. The molecule has 18 heavy (non-hydrogen) atoms. The first-order valence-corrected chi connectivity index (χ1v) is 6.43. The summed E-state index contributed by atoms with van der Waals surface area (Å²) >= 11 is 0. The number of carbonyl (C=O) groups excluding carboxylic acids is 1. The van der Waals surface area contributed by atoms with Crippen LogP contribution in [0.2, 0.25) is 0 Å². The second kappa shape index (κ2) is 5.55. The van der Waals surface area contributed by atoms with Crippen molar-refractivity contribution in [1.82, 2.24) is 0 Å². The van der Waals surface area contributed by atoms with Gasteiger partial charge in [0.15, 0.2) is 0 Å². The number of methoxy groups -OCH3 is 1. The van der Waals surface area contributed by atoms with E-state index in [1.165, 1.54) is 11.1 Å². The van der Waals surface area contributed by atoms with Gasteiger partial charge in [0.05, 0.1) is 7.11 Å². The molecule has 0 fully saturated rings. The predicted octanol–water partition coefficient (Wildman–Crippen LogP) is 3.86. The number of hydrogen-bond acceptors (Lipinski definition) is 2. The van der Waals surface area contributed by atoms with E-state index in [0.717, 1.165) is 17.7 Å². The Kier molecular flexibility index (Phi) is 4.55. The number of carbonyl (C=O) groups is 1. The van der Waals surface area contributed by atoms with Crippen LogP contribution in [0, 0.1) is 19.3 Å². The third kappa shape index (κ3) is 3.59. The molecule has 1 rings (SSSR count). The normalized spacial score (nSPS) is 11.4. The van der Waals surface area contributed by atoms with Crippen LogP contribution in [0.25, 0.3) is 0 Å². The highest BCUT2D eigenvalue weighted by molar-refractivity contribution is 5.83. The number of hydrogen-bond donors (Lipinski definition) is 0. The summed E-state index contributed by atoms with van der Waals surface area (Å²) in [6.45, 7) is 10.0. The molecule has 0 heterocycles. The maximum Gasteiger partial charge on any atom is 0.138 e. The Bertz CT molecular complexity index is 439. The van der Waals surface area contributed by atoms with Crippen molar-refractivity contribution in [3.63, 3.8) is 0 Å². The summed E-state index contributed by atoms with van der Waals surface area (Å²) in [6.07, 6.45) is 1.33. The molecular weight excluding hydrogens is 224 g/mol. The van der Waals surface area contributed by atoms with E-state index >= 15 is 0 Å². The number of ketones is 1. The van der Waals surface area contributed by atoms with Crippen LogP contribution in [0.4, 0.5) is 0 Å². The second-order valence-electron chi connectivity index (χ2n) is 5.94. The Morgan fingerprint density at radius 2 is 1.83 bits per heavy atom. The van der Waals surface area contributed by atoms with Crippen LogP contribution < -0.4 is 4.74 Å². The van der Waals surface area contributed by atoms with Crippen molar-refractivity contribution in [1.29, 1.82) is 0 Å². The van der Waals surface area contributed by atoms with E-state index in [0.29, 0.717) is 12.2 Å². The van der Waals surface area contributed by atoms with Gasteiger partial charge in [-0.1, -0.05) is 26.8 Å². The topological polar surface area (TPSA) is 26.3 Å². The fraction of sp³-hybridized carbons (Fsp3) is 0.562. The maximum absolute atomic E-state index is 12.0. The van der Waals surface area contributed by atoms with Crippen molar-refractivity contribution in [2.75, 3.05) is 7.11 Å². The van der Waals surface area contributed by atoms with Crippen molar-refractivity contribution in [3.05, 3.63) is 28.8 Å². The molecule has 0 aliphatic carbocycles. The van der Waals surface area contributed by atoms with Crippen LogP contribution in [0.1, 0.15) is 43.9 Å². The van der Waals surface area contributed by atoms with E-state index in [9.17, 15) is 4.79 Å². The summed E-state index contributed by atoms with van der Waals surface area (Å²) < 4.78 is 5.41. The van der Waals surface area contributed by atoms with Gasteiger partial charge in [-0.2, -0.15) is 0 Å². The molecule has 0 bridgehead atoms. The molecule has 0 aliphatic rings. The molecule has 0 unspecified atom stereocenters. The molecule has 1 aromatic rings. The lowest BCUT2D eigenvalue weighted by atomic mass is 9.86. The van der Waals surface area contributed by atoms with Crippen molar-refractivity contribution in [2.45, 2.75) is 47.5 Å². The van der Waals surface area contributed by atoms with Crippen molar-refractivity contribution < 1.29 is 9.53 Å². The Morgan fingerprint density at radius 1 is 1.22 bits per heavy atom. The van der Waals surface area contributed by atoms with E-state index in [1.807, 2.05) is 26.8 Å². The van der Waals surface area contributed by atoms with Crippen LogP contribution in [-0.4, -0.2) is 12.9 Å². The minimum atomic E-state index is -0.258. The molecule has 0 aliphatic heterocycles. The second-order valence-corrected chi connectivity index (χ2v) is 5.94. The van der Waals surface area contributed by atoms with E-state index < -0.39 is 0 Å². The van der Waals surface area contributed by atoms with Gasteiger partial charge < -0.3 is 4.74 Å². The average molecular weight is 248 g/mol. The van der Waals surface area contributed by atoms with Gasteiger partial charge >= 0.3 is 0 Å². The lowest BCUT2D eigenvalue weighted by Gasteiger charge is -2.18. The highest BCUT2D eigenvalue weighted by atomic mass is 16.5. The number of ether oxygens (including phenoxy) is 1. The van der Waals surface area contributed by atoms with Crippen LogP contribution in [0.3, 0.4) is 0 Å². The van der Waals surface area contributed by atoms with Crippen LogP contribution in [0.15, 0.2) is 12.1 Å². The Labute approximate surface area is 110 Å². The summed E-state index contributed by atoms with van der Waals surface area (Å²) in [5.74, 6) is 1.19. The molecule has 1 aromatic carbocycles. The van der Waals surface area contributed by atoms with Gasteiger partial charge in [-0.25, -0.2) is 0 Å². The Balaban J connectivity index is 2.88. The van der Waals surface area contributed by atoms with Crippen LogP contribution in [0.5, 0.6) is 5.75 Å². The van der Waals surface area contributed by atoms with E-state index in [-0.39, 0.29) is 5.41 Å². The molecule has 2 nitrogen and oxygen atoms in total. The molecule has 100 valence electrons. The van der Waals surface area contributed by atoms with Gasteiger partial charge in [0.2, 0.25) is 0 Å². The molecule has 0 spiro atoms. The van der Waals surface area contributed by atoms with Gasteiger partial charge in [0, 0.05) is 11.8 Å². The highest BCUT2D eigenvalue weighted by Crippen LogP contribution is 2.27. The molecule has 0 saturated heterocycles. The van der Waals surface area contributed by atoms with E-state index in [4.69, 9.17) is 4.74 Å². The van der Waals surface area contributed by atoms with Crippen molar-refractivity contribution in [2.24, 2.45) is 5.41 Å². The fourth-order valence-corrected chi connectivity index (χ4v) is 2.07. The third-order valence-electron chi connectivity index (χ3n) is 3.23. The average Bonchev–Trinajstić information content (AvgIpc) is 2.25. The Hall–Kier alpha value is -1.31. The molecule has 0 atom stereocenters. The zero-order valence-corrected chi connectivity index (χ0v) is 12.4. The molecule has 0 N–H and O–H groups in total. The predicted molar refractivity (Wildman–Crippen MR) is 75.3 cm³/mol. The van der Waals surface area contributed by atoms with Crippen LogP contribution in [-0.2, 0) is 11.2 Å². The lowest BCUT2D eigenvalue weighted by molar-refractivity contribution is -0.126. The number of aryl methyl sites for hydroxylation is 2. The standard InChI is InChI=1S/C16H24O2/c1-11-9-12(2)13(14(10-11)18-6)7-8-15(17)16(3,4)5/h9-10H,7-8H2,1-6H3. The molecule has 0 radical (unpaired) electrons. The minimum Gasteiger partial charge on any atom is -0.496 e. The SMILES string of the molecule is COc1cc(C)cc(C)c1CCC(=O)C(C)(C)C. The van der Waals surface area contributed by atoms with Crippen molar-refractivity contribution >= 4 is 5.78 Å². The quantitative estimate of drug-likeness (QED) is 0.808. The van der Waals surface area contributed by atoms with E-state index in [1.54, 1.807) is 7.11 Å². The summed E-state index contributed by atoms with van der Waals surface area (Å²) in [7, 11) is 1.68. The number of rotatable bonds is 4. The molecule has 0 amide bonds. The first-order chi connectivity index (χ1) is 8.25. The minimum absolute atomic E-state index is 0.258.